The number of hydrogen-bond acceptors (Lipinski definition) is 7. The van der Waals surface area contributed by atoms with Crippen LogP contribution in [0.4, 0.5) is 0 Å². The van der Waals surface area contributed by atoms with E-state index < -0.39 is 46.9 Å². The third kappa shape index (κ3) is 3.87. The van der Waals surface area contributed by atoms with Gasteiger partial charge >= 0.3 is 0 Å². The molecule has 9 atom stereocenters. The number of aromatic amines is 1. The fourth-order valence-electron chi connectivity index (χ4n) is 6.41. The minimum atomic E-state index is -1.58. The zero-order valence-corrected chi connectivity index (χ0v) is 19.4. The summed E-state index contributed by atoms with van der Waals surface area (Å²) in [6, 6.07) is 0. The average Bonchev–Trinajstić information content (AvgIpc) is 2.78. The van der Waals surface area contributed by atoms with Crippen LogP contribution in [-0.4, -0.2) is 56.6 Å². The molecule has 8 nitrogen and oxygen atoms in total. The lowest BCUT2D eigenvalue weighted by molar-refractivity contribution is -0.203. The molecule has 33 heavy (non-hydrogen) atoms. The zero-order valence-electron chi connectivity index (χ0n) is 19.4. The second-order valence-electron chi connectivity index (χ2n) is 10.3. The largest absolute Gasteiger partial charge is 0.507 e. The number of methoxy groups -OCH3 is 1. The van der Waals surface area contributed by atoms with Crippen molar-refractivity contribution in [3.8, 4) is 5.75 Å². The third-order valence-electron chi connectivity index (χ3n) is 8.35. The molecule has 4 rings (SSSR count). The molecule has 1 aromatic heterocycles. The van der Waals surface area contributed by atoms with Gasteiger partial charge in [-0.2, -0.15) is 0 Å². The van der Waals surface area contributed by atoms with Crippen molar-refractivity contribution in [3.63, 3.8) is 0 Å². The predicted octanol–water partition coefficient (Wildman–Crippen LogP) is 1.86. The highest BCUT2D eigenvalue weighted by Crippen LogP contribution is 2.48. The average molecular weight is 462 g/mol. The monoisotopic (exact) mass is 461 g/mol. The maximum Gasteiger partial charge on any atom is 0.262 e. The van der Waals surface area contributed by atoms with E-state index in [2.05, 4.69) is 18.0 Å². The van der Waals surface area contributed by atoms with Crippen molar-refractivity contribution >= 4 is 5.78 Å². The van der Waals surface area contributed by atoms with Gasteiger partial charge in [0.2, 0.25) is 0 Å². The van der Waals surface area contributed by atoms with Gasteiger partial charge in [0.15, 0.2) is 5.78 Å². The molecule has 1 heterocycles. The molecule has 0 aliphatic heterocycles. The summed E-state index contributed by atoms with van der Waals surface area (Å²) in [5.41, 5.74) is -2.58. The van der Waals surface area contributed by atoms with Crippen LogP contribution in [0.3, 0.4) is 0 Å². The van der Waals surface area contributed by atoms with Crippen LogP contribution in [0.25, 0.3) is 0 Å². The van der Waals surface area contributed by atoms with E-state index in [1.54, 1.807) is 0 Å². The number of nitrogens with one attached hydrogen (secondary N) is 1. The smallest absolute Gasteiger partial charge is 0.262 e. The number of carbonyl (C=O) groups excluding carboxylic acids is 1. The van der Waals surface area contributed by atoms with Gasteiger partial charge in [0.1, 0.15) is 29.1 Å². The van der Waals surface area contributed by atoms with Gasteiger partial charge in [-0.15, -0.1) is 0 Å². The van der Waals surface area contributed by atoms with Crippen LogP contribution >= 0.6 is 0 Å². The van der Waals surface area contributed by atoms with Gasteiger partial charge in [0.05, 0.1) is 6.10 Å². The van der Waals surface area contributed by atoms with E-state index in [-0.39, 0.29) is 41.7 Å². The number of ether oxygens (including phenoxy) is 1. The molecule has 0 saturated heterocycles. The normalized spacial score (nSPS) is 40.9. The van der Waals surface area contributed by atoms with Gasteiger partial charge < -0.3 is 30.1 Å². The minimum Gasteiger partial charge on any atom is -0.507 e. The third-order valence-corrected chi connectivity index (χ3v) is 8.35. The Balaban J connectivity index is 1.77. The number of ketones is 1. The number of carbonyl (C=O) groups is 1. The predicted molar refractivity (Wildman–Crippen MR) is 121 cm³/mol. The molecule has 182 valence electrons. The first-order valence-corrected chi connectivity index (χ1v) is 11.9. The van der Waals surface area contributed by atoms with E-state index in [4.69, 9.17) is 4.74 Å². The summed E-state index contributed by atoms with van der Waals surface area (Å²) in [5.74, 6) is -0.503. The van der Waals surface area contributed by atoms with Gasteiger partial charge in [-0.1, -0.05) is 32.4 Å². The van der Waals surface area contributed by atoms with Crippen molar-refractivity contribution in [1.29, 1.82) is 0 Å². The SMILES string of the molecule is CO[C@]1(c2c[nH]c(=O)c(C(=O)[C@H]3[C@@H]4CC[C@@H](C)C[C@H]4C=C[C@H]3C)c2O)CC[C@@H](O)[C@H](O)[C@H]1O. The maximum atomic E-state index is 13.8. The van der Waals surface area contributed by atoms with Gasteiger partial charge in [-0.25, -0.2) is 0 Å². The van der Waals surface area contributed by atoms with Gasteiger partial charge in [0, 0.05) is 24.8 Å². The van der Waals surface area contributed by atoms with Crippen LogP contribution in [0, 0.1) is 29.6 Å². The maximum absolute atomic E-state index is 13.8. The fraction of sp³-hybridized carbons (Fsp3) is 0.680. The van der Waals surface area contributed by atoms with Crippen molar-refractivity contribution in [3.05, 3.63) is 39.8 Å². The molecule has 0 unspecified atom stereocenters. The lowest BCUT2D eigenvalue weighted by Crippen LogP contribution is -2.56. The Hall–Kier alpha value is -2.00. The molecule has 0 radical (unpaired) electrons. The lowest BCUT2D eigenvalue weighted by atomic mass is 9.61. The second kappa shape index (κ2) is 8.98. The summed E-state index contributed by atoms with van der Waals surface area (Å²) in [6.45, 7) is 4.17. The Morgan fingerprint density at radius 2 is 1.88 bits per heavy atom. The molecule has 0 spiro atoms. The number of pyridine rings is 1. The highest BCUT2D eigenvalue weighted by atomic mass is 16.5. The van der Waals surface area contributed by atoms with Gasteiger partial charge in [-0.05, 0) is 49.4 Å². The molecule has 3 aliphatic rings. The molecular formula is C25H35NO7. The number of aromatic nitrogens is 1. The Bertz CT molecular complexity index is 987. The van der Waals surface area contributed by atoms with Crippen LogP contribution < -0.4 is 5.56 Å². The highest BCUT2D eigenvalue weighted by molar-refractivity contribution is 6.00. The number of H-pyrrole nitrogens is 1. The van der Waals surface area contributed by atoms with E-state index in [0.29, 0.717) is 5.92 Å². The van der Waals surface area contributed by atoms with Gasteiger partial charge in [0.25, 0.3) is 5.56 Å². The summed E-state index contributed by atoms with van der Waals surface area (Å²) < 4.78 is 5.59. The van der Waals surface area contributed by atoms with E-state index in [1.807, 2.05) is 13.0 Å². The number of aliphatic hydroxyl groups is 3. The molecule has 3 aliphatic carbocycles. The summed E-state index contributed by atoms with van der Waals surface area (Å²) in [4.78, 5) is 29.2. The first-order chi connectivity index (χ1) is 15.6. The Labute approximate surface area is 193 Å². The number of fused-ring (bicyclic) bond motifs is 1. The number of Topliss-reactive ketones (excluding diaryl/α,β-unsaturated/α-hetero) is 1. The minimum absolute atomic E-state index is 0.0271. The van der Waals surface area contributed by atoms with E-state index in [1.165, 1.54) is 13.3 Å². The molecule has 0 aromatic carbocycles. The summed E-state index contributed by atoms with van der Waals surface area (Å²) in [7, 11) is 1.32. The molecule has 5 N–H and O–H groups in total. The topological polar surface area (TPSA) is 140 Å². The number of rotatable bonds is 4. The van der Waals surface area contributed by atoms with Crippen molar-refractivity contribution in [2.45, 2.75) is 69.9 Å². The van der Waals surface area contributed by atoms with Crippen LogP contribution in [0.15, 0.2) is 23.1 Å². The highest BCUT2D eigenvalue weighted by Gasteiger charge is 2.52. The molecule has 0 bridgehead atoms. The first kappa shape index (κ1) is 24.1. The van der Waals surface area contributed by atoms with E-state index in [0.717, 1.165) is 19.3 Å². The van der Waals surface area contributed by atoms with Crippen molar-refractivity contribution in [2.75, 3.05) is 7.11 Å². The number of aliphatic hydroxyl groups excluding tert-OH is 3. The number of aromatic hydroxyl groups is 1. The summed E-state index contributed by atoms with van der Waals surface area (Å²) in [5, 5.41) is 42.2. The Morgan fingerprint density at radius 1 is 1.15 bits per heavy atom. The number of allylic oxidation sites excluding steroid dienone is 2. The standard InChI is InChI=1S/C25H35NO7/c1-12-4-7-15-14(10-12)6-5-13(2)18(15)22(30)19-20(28)16(11-26-24(19)32)25(33-3)9-8-17(27)21(29)23(25)31/h5-6,11-15,17-18,21,23,27,29,31H,4,7-10H2,1-3H3,(H2,26,28,32)/t12-,13-,14-,15-,17-,18-,21+,23-,25+/m1/s1. The van der Waals surface area contributed by atoms with E-state index in [9.17, 15) is 30.0 Å². The van der Waals surface area contributed by atoms with Gasteiger partial charge in [-0.3, -0.25) is 9.59 Å². The number of hydrogen-bond donors (Lipinski definition) is 5. The molecule has 8 heteroatoms. The second-order valence-corrected chi connectivity index (χ2v) is 10.3. The lowest BCUT2D eigenvalue weighted by Gasteiger charge is -2.45. The fourth-order valence-corrected chi connectivity index (χ4v) is 6.41. The zero-order chi connectivity index (χ0) is 24.1. The Kier molecular flexibility index (Phi) is 6.57. The molecular weight excluding hydrogens is 426 g/mol. The molecule has 1 aromatic rings. The molecule has 0 amide bonds. The first-order valence-electron chi connectivity index (χ1n) is 11.9. The van der Waals surface area contributed by atoms with Crippen LogP contribution in [0.2, 0.25) is 0 Å². The molecule has 2 fully saturated rings. The van der Waals surface area contributed by atoms with Crippen LogP contribution in [0.1, 0.15) is 61.9 Å². The molecule has 2 saturated carbocycles. The van der Waals surface area contributed by atoms with Crippen molar-refractivity contribution in [2.24, 2.45) is 29.6 Å². The van der Waals surface area contributed by atoms with Crippen molar-refractivity contribution in [1.82, 2.24) is 4.98 Å². The summed E-state index contributed by atoms with van der Waals surface area (Å²) >= 11 is 0. The van der Waals surface area contributed by atoms with Crippen LogP contribution in [0.5, 0.6) is 5.75 Å². The Morgan fingerprint density at radius 3 is 2.58 bits per heavy atom. The quantitative estimate of drug-likeness (QED) is 0.340. The van der Waals surface area contributed by atoms with Crippen molar-refractivity contribution < 1.29 is 30.0 Å². The summed E-state index contributed by atoms with van der Waals surface area (Å²) in [6.07, 6.45) is 4.35. The van der Waals surface area contributed by atoms with Crippen LogP contribution in [-0.2, 0) is 10.3 Å². The van der Waals surface area contributed by atoms with E-state index >= 15 is 0 Å².